The maximum Gasteiger partial charge on any atom is 0.223 e. The van der Waals surface area contributed by atoms with Gasteiger partial charge in [-0.25, -0.2) is 4.98 Å². The molecule has 0 radical (unpaired) electrons. The Kier molecular flexibility index (Phi) is 3.38. The number of hydrogen-bond acceptors (Lipinski definition) is 3. The number of nitriles is 1. The standard InChI is InChI=1S/C15H16N4O/c16-9-12-4-6-19(15(20)8-12)5-3-11-1-2-13-14(7-11)18-10-17-13/h1-2,7,10,12H,3-6,8H2,(H,17,18). The molecule has 1 aromatic carbocycles. The van der Waals surface area contributed by atoms with Crippen molar-refractivity contribution < 1.29 is 4.79 Å². The molecule has 1 aliphatic heterocycles. The molecule has 1 aromatic heterocycles. The van der Waals surface area contributed by atoms with Crippen LogP contribution in [0.5, 0.6) is 0 Å². The average Bonchev–Trinajstić information content (AvgIpc) is 2.93. The lowest BCUT2D eigenvalue weighted by atomic mass is 9.97. The van der Waals surface area contributed by atoms with E-state index in [2.05, 4.69) is 28.2 Å². The fourth-order valence-electron chi connectivity index (χ4n) is 2.63. The molecule has 5 nitrogen and oxygen atoms in total. The van der Waals surface area contributed by atoms with E-state index in [0.29, 0.717) is 13.0 Å². The topological polar surface area (TPSA) is 72.8 Å². The fourth-order valence-corrected chi connectivity index (χ4v) is 2.63. The molecule has 1 fully saturated rings. The highest BCUT2D eigenvalue weighted by Crippen LogP contribution is 2.18. The maximum atomic E-state index is 11.9. The summed E-state index contributed by atoms with van der Waals surface area (Å²) in [5, 5.41) is 8.85. The van der Waals surface area contributed by atoms with Crippen LogP contribution in [0.1, 0.15) is 18.4 Å². The Balaban J connectivity index is 1.62. The number of aromatic nitrogens is 2. The second-order valence-corrected chi connectivity index (χ2v) is 5.20. The number of fused-ring (bicyclic) bond motifs is 1. The third-order valence-corrected chi connectivity index (χ3v) is 3.86. The summed E-state index contributed by atoms with van der Waals surface area (Å²) in [6, 6.07) is 8.31. The molecule has 0 saturated carbocycles. The molecule has 20 heavy (non-hydrogen) atoms. The first-order valence-electron chi connectivity index (χ1n) is 6.85. The highest BCUT2D eigenvalue weighted by Gasteiger charge is 2.25. The van der Waals surface area contributed by atoms with Gasteiger partial charge in [0.2, 0.25) is 5.91 Å². The summed E-state index contributed by atoms with van der Waals surface area (Å²) < 4.78 is 0. The van der Waals surface area contributed by atoms with Crippen LogP contribution in [0.2, 0.25) is 0 Å². The smallest absolute Gasteiger partial charge is 0.223 e. The molecule has 1 saturated heterocycles. The van der Waals surface area contributed by atoms with Crippen molar-refractivity contribution >= 4 is 16.9 Å². The molecule has 5 heteroatoms. The fraction of sp³-hybridized carbons (Fsp3) is 0.400. The summed E-state index contributed by atoms with van der Waals surface area (Å²) in [7, 11) is 0. The summed E-state index contributed by atoms with van der Waals surface area (Å²) in [6.45, 7) is 1.42. The van der Waals surface area contributed by atoms with E-state index in [9.17, 15) is 4.79 Å². The second kappa shape index (κ2) is 5.33. The van der Waals surface area contributed by atoms with Crippen molar-refractivity contribution in [2.24, 2.45) is 5.92 Å². The van der Waals surface area contributed by atoms with E-state index in [0.717, 1.165) is 30.4 Å². The number of nitrogens with one attached hydrogen (secondary N) is 1. The Bertz CT molecular complexity index is 670. The molecule has 2 heterocycles. The predicted molar refractivity (Wildman–Crippen MR) is 74.7 cm³/mol. The van der Waals surface area contributed by atoms with E-state index >= 15 is 0 Å². The number of H-pyrrole nitrogens is 1. The summed E-state index contributed by atoms with van der Waals surface area (Å²) in [6.07, 6.45) is 3.68. The van der Waals surface area contributed by atoms with Gasteiger partial charge in [-0.1, -0.05) is 6.07 Å². The number of hydrogen-bond donors (Lipinski definition) is 1. The molecule has 1 N–H and O–H groups in total. The number of amides is 1. The van der Waals surface area contributed by atoms with Gasteiger partial charge in [0.15, 0.2) is 0 Å². The predicted octanol–water partition coefficient (Wildman–Crippen LogP) is 1.87. The molecule has 102 valence electrons. The van der Waals surface area contributed by atoms with Gasteiger partial charge in [0.25, 0.3) is 0 Å². The number of nitrogens with zero attached hydrogens (tertiary/aromatic N) is 3. The largest absolute Gasteiger partial charge is 0.345 e. The zero-order chi connectivity index (χ0) is 13.9. The van der Waals surface area contributed by atoms with Crippen molar-refractivity contribution in [1.29, 1.82) is 5.26 Å². The van der Waals surface area contributed by atoms with Crippen molar-refractivity contribution in [3.05, 3.63) is 30.1 Å². The van der Waals surface area contributed by atoms with Crippen molar-refractivity contribution in [2.45, 2.75) is 19.3 Å². The van der Waals surface area contributed by atoms with Gasteiger partial charge in [0.1, 0.15) is 0 Å². The minimum Gasteiger partial charge on any atom is -0.345 e. The van der Waals surface area contributed by atoms with E-state index in [1.165, 1.54) is 5.56 Å². The van der Waals surface area contributed by atoms with E-state index in [1.807, 2.05) is 11.0 Å². The van der Waals surface area contributed by atoms with Crippen LogP contribution in [0.4, 0.5) is 0 Å². The normalized spacial score (nSPS) is 19.2. The van der Waals surface area contributed by atoms with Gasteiger partial charge >= 0.3 is 0 Å². The van der Waals surface area contributed by atoms with Crippen molar-refractivity contribution in [2.75, 3.05) is 13.1 Å². The molecule has 1 unspecified atom stereocenters. The van der Waals surface area contributed by atoms with Gasteiger partial charge < -0.3 is 9.88 Å². The van der Waals surface area contributed by atoms with E-state index < -0.39 is 0 Å². The maximum absolute atomic E-state index is 11.9. The van der Waals surface area contributed by atoms with Gasteiger partial charge in [-0.3, -0.25) is 4.79 Å². The quantitative estimate of drug-likeness (QED) is 0.923. The van der Waals surface area contributed by atoms with E-state index in [4.69, 9.17) is 5.26 Å². The van der Waals surface area contributed by atoms with Gasteiger partial charge in [-0.15, -0.1) is 0 Å². The van der Waals surface area contributed by atoms with Crippen molar-refractivity contribution in [3.8, 4) is 6.07 Å². The highest BCUT2D eigenvalue weighted by atomic mass is 16.2. The Hall–Kier alpha value is -2.35. The van der Waals surface area contributed by atoms with Crippen LogP contribution in [0.15, 0.2) is 24.5 Å². The number of imidazole rings is 1. The number of benzene rings is 1. The Morgan fingerprint density at radius 1 is 1.50 bits per heavy atom. The molecule has 0 aliphatic carbocycles. The minimum atomic E-state index is -0.0971. The van der Waals surface area contributed by atoms with E-state index in [1.54, 1.807) is 6.33 Å². The number of carbonyl (C=O) groups excluding carboxylic acids is 1. The number of carbonyl (C=O) groups is 1. The van der Waals surface area contributed by atoms with Gasteiger partial charge in [0.05, 0.1) is 29.3 Å². The van der Waals surface area contributed by atoms with Crippen molar-refractivity contribution in [3.63, 3.8) is 0 Å². The van der Waals surface area contributed by atoms with Crippen LogP contribution in [-0.2, 0) is 11.2 Å². The third-order valence-electron chi connectivity index (χ3n) is 3.86. The molecular weight excluding hydrogens is 252 g/mol. The average molecular weight is 268 g/mol. The molecule has 1 aliphatic rings. The second-order valence-electron chi connectivity index (χ2n) is 5.20. The highest BCUT2D eigenvalue weighted by molar-refractivity contribution is 5.78. The van der Waals surface area contributed by atoms with Crippen molar-refractivity contribution in [1.82, 2.24) is 14.9 Å². The number of rotatable bonds is 3. The third kappa shape index (κ3) is 2.50. The summed E-state index contributed by atoms with van der Waals surface area (Å²) in [5.41, 5.74) is 3.17. The van der Waals surface area contributed by atoms with Gasteiger partial charge in [-0.05, 0) is 30.5 Å². The van der Waals surface area contributed by atoms with Crippen LogP contribution in [-0.4, -0.2) is 33.9 Å². The van der Waals surface area contributed by atoms with Crippen LogP contribution >= 0.6 is 0 Å². The zero-order valence-electron chi connectivity index (χ0n) is 11.2. The van der Waals surface area contributed by atoms with E-state index in [-0.39, 0.29) is 11.8 Å². The summed E-state index contributed by atoms with van der Waals surface area (Å²) in [4.78, 5) is 21.1. The molecule has 1 amide bonds. The molecular formula is C15H16N4O. The zero-order valence-corrected chi connectivity index (χ0v) is 11.2. The molecule has 3 rings (SSSR count). The van der Waals surface area contributed by atoms with Gasteiger partial charge in [0, 0.05) is 19.5 Å². The minimum absolute atomic E-state index is 0.0971. The SMILES string of the molecule is N#CC1CCN(CCc2ccc3nc[nH]c3c2)C(=O)C1. The molecule has 0 bridgehead atoms. The number of likely N-dealkylation sites (tertiary alicyclic amines) is 1. The Morgan fingerprint density at radius 2 is 2.40 bits per heavy atom. The lowest BCUT2D eigenvalue weighted by molar-refractivity contribution is -0.134. The first kappa shape index (κ1) is 12.7. The molecule has 2 aromatic rings. The number of aromatic amines is 1. The monoisotopic (exact) mass is 268 g/mol. The lowest BCUT2D eigenvalue weighted by Crippen LogP contribution is -2.39. The first-order chi connectivity index (χ1) is 9.76. The Morgan fingerprint density at radius 3 is 3.20 bits per heavy atom. The van der Waals surface area contributed by atoms with Crippen LogP contribution < -0.4 is 0 Å². The molecule has 0 spiro atoms. The summed E-state index contributed by atoms with van der Waals surface area (Å²) >= 11 is 0. The van der Waals surface area contributed by atoms with Crippen LogP contribution in [0, 0.1) is 17.2 Å². The summed E-state index contributed by atoms with van der Waals surface area (Å²) in [5.74, 6) is 0.00510. The van der Waals surface area contributed by atoms with Crippen LogP contribution in [0.3, 0.4) is 0 Å². The molecule has 1 atom stereocenters. The number of piperidine rings is 1. The van der Waals surface area contributed by atoms with Crippen LogP contribution in [0.25, 0.3) is 11.0 Å². The van der Waals surface area contributed by atoms with Gasteiger partial charge in [-0.2, -0.15) is 5.26 Å². The lowest BCUT2D eigenvalue weighted by Gasteiger charge is -2.29. The first-order valence-corrected chi connectivity index (χ1v) is 6.85. The Labute approximate surface area is 117 Å².